The molecule has 1 saturated carbocycles. The Morgan fingerprint density at radius 3 is 2.71 bits per heavy atom. The summed E-state index contributed by atoms with van der Waals surface area (Å²) >= 11 is 0. The lowest BCUT2D eigenvalue weighted by atomic mass is 9.89. The lowest BCUT2D eigenvalue weighted by Gasteiger charge is -2.41. The van der Waals surface area contributed by atoms with Crippen LogP contribution in [0.15, 0.2) is 24.3 Å². The number of hydrogen-bond acceptors (Lipinski definition) is 5. The number of methoxy groups -OCH3 is 1. The molecule has 2 aliphatic rings. The minimum absolute atomic E-state index is 0.152. The van der Waals surface area contributed by atoms with Gasteiger partial charge in [0.05, 0.1) is 13.7 Å². The standard InChI is InChI=1S/C21H31N3O4/c1-23(2)13-12-22-19(25)18-15-28-21(10-5-4-6-11-21)24(18)20(26)16-8-7-9-17(14-16)27-3/h7-9,14,18H,4-6,10-13,15H2,1-3H3,(H,22,25). The molecule has 1 spiro atoms. The Hall–Kier alpha value is -2.12. The Morgan fingerprint density at radius 2 is 2.04 bits per heavy atom. The van der Waals surface area contributed by atoms with Crippen molar-refractivity contribution in [1.29, 1.82) is 0 Å². The summed E-state index contributed by atoms with van der Waals surface area (Å²) in [6, 6.07) is 6.47. The number of nitrogens with one attached hydrogen (secondary N) is 1. The van der Waals surface area contributed by atoms with E-state index in [1.165, 1.54) is 0 Å². The van der Waals surface area contributed by atoms with Crippen LogP contribution in [0.1, 0.15) is 42.5 Å². The highest BCUT2D eigenvalue weighted by Crippen LogP contribution is 2.41. The summed E-state index contributed by atoms with van der Waals surface area (Å²) in [5, 5.41) is 2.96. The molecule has 1 aromatic carbocycles. The Balaban J connectivity index is 1.85. The van der Waals surface area contributed by atoms with Gasteiger partial charge in [-0.2, -0.15) is 0 Å². The molecule has 1 heterocycles. The summed E-state index contributed by atoms with van der Waals surface area (Å²) < 4.78 is 11.4. The number of ether oxygens (including phenoxy) is 2. The first kappa shape index (κ1) is 20.6. The van der Waals surface area contributed by atoms with Gasteiger partial charge in [0.25, 0.3) is 5.91 Å². The second-order valence-electron chi connectivity index (χ2n) is 7.84. The minimum Gasteiger partial charge on any atom is -0.497 e. The highest BCUT2D eigenvalue weighted by Gasteiger charge is 2.52. The second-order valence-corrected chi connectivity index (χ2v) is 7.84. The van der Waals surface area contributed by atoms with Crippen LogP contribution in [-0.2, 0) is 9.53 Å². The van der Waals surface area contributed by atoms with Crippen molar-refractivity contribution < 1.29 is 19.1 Å². The molecule has 1 atom stereocenters. The molecule has 3 rings (SSSR count). The largest absolute Gasteiger partial charge is 0.497 e. The maximum Gasteiger partial charge on any atom is 0.257 e. The predicted molar refractivity (Wildman–Crippen MR) is 106 cm³/mol. The van der Waals surface area contributed by atoms with Crippen LogP contribution in [0.25, 0.3) is 0 Å². The van der Waals surface area contributed by atoms with Gasteiger partial charge in [0.1, 0.15) is 17.5 Å². The maximum atomic E-state index is 13.5. The highest BCUT2D eigenvalue weighted by molar-refractivity contribution is 5.98. The SMILES string of the molecule is COc1cccc(C(=O)N2C(C(=O)NCCN(C)C)COC23CCCCC3)c1. The van der Waals surface area contributed by atoms with Crippen molar-refractivity contribution in [2.45, 2.75) is 43.9 Å². The third-order valence-corrected chi connectivity index (χ3v) is 5.59. The third kappa shape index (κ3) is 4.31. The van der Waals surface area contributed by atoms with E-state index in [0.717, 1.165) is 38.6 Å². The number of carbonyl (C=O) groups excluding carboxylic acids is 2. The van der Waals surface area contributed by atoms with E-state index in [-0.39, 0.29) is 18.4 Å². The number of carbonyl (C=O) groups is 2. The van der Waals surface area contributed by atoms with Crippen molar-refractivity contribution in [1.82, 2.24) is 15.1 Å². The van der Waals surface area contributed by atoms with E-state index in [1.807, 2.05) is 19.0 Å². The Bertz CT molecular complexity index is 701. The molecule has 7 heteroatoms. The molecule has 2 amide bonds. The van der Waals surface area contributed by atoms with E-state index in [1.54, 1.807) is 36.3 Å². The van der Waals surface area contributed by atoms with Crippen molar-refractivity contribution in [3.63, 3.8) is 0 Å². The monoisotopic (exact) mass is 389 g/mol. The first-order chi connectivity index (χ1) is 13.5. The van der Waals surface area contributed by atoms with Crippen molar-refractivity contribution >= 4 is 11.8 Å². The summed E-state index contributed by atoms with van der Waals surface area (Å²) in [5.74, 6) is 0.294. The summed E-state index contributed by atoms with van der Waals surface area (Å²) in [4.78, 5) is 30.1. The fourth-order valence-corrected chi connectivity index (χ4v) is 4.09. The number of amides is 2. The quantitative estimate of drug-likeness (QED) is 0.804. The fourth-order valence-electron chi connectivity index (χ4n) is 4.09. The molecule has 1 aliphatic heterocycles. The predicted octanol–water partition coefficient (Wildman–Crippen LogP) is 1.87. The molecular weight excluding hydrogens is 358 g/mol. The van der Waals surface area contributed by atoms with Crippen LogP contribution in [0.2, 0.25) is 0 Å². The molecule has 2 fully saturated rings. The molecule has 28 heavy (non-hydrogen) atoms. The van der Waals surface area contributed by atoms with Crippen molar-refractivity contribution in [2.24, 2.45) is 0 Å². The molecular formula is C21H31N3O4. The lowest BCUT2D eigenvalue weighted by molar-refractivity contribution is -0.127. The molecule has 1 unspecified atom stereocenters. The summed E-state index contributed by atoms with van der Waals surface area (Å²) in [5.41, 5.74) is -0.164. The summed E-state index contributed by atoms with van der Waals surface area (Å²) in [6.07, 6.45) is 4.66. The van der Waals surface area contributed by atoms with E-state index in [9.17, 15) is 9.59 Å². The molecule has 0 aromatic heterocycles. The van der Waals surface area contributed by atoms with Crippen LogP contribution in [0, 0.1) is 0 Å². The zero-order chi connectivity index (χ0) is 20.1. The molecule has 7 nitrogen and oxygen atoms in total. The maximum absolute atomic E-state index is 13.5. The number of rotatable bonds is 6. The van der Waals surface area contributed by atoms with Crippen LogP contribution >= 0.6 is 0 Å². The summed E-state index contributed by atoms with van der Waals surface area (Å²) in [7, 11) is 5.49. The van der Waals surface area contributed by atoms with Gasteiger partial charge in [-0.25, -0.2) is 0 Å². The van der Waals surface area contributed by atoms with Crippen LogP contribution in [0.4, 0.5) is 0 Å². The Labute approximate surface area is 167 Å². The normalized spacial score (nSPS) is 21.1. The van der Waals surface area contributed by atoms with Gasteiger partial charge < -0.3 is 19.7 Å². The molecule has 1 aliphatic carbocycles. The molecule has 154 valence electrons. The van der Waals surface area contributed by atoms with Gasteiger partial charge >= 0.3 is 0 Å². The van der Waals surface area contributed by atoms with Gasteiger partial charge in [-0.15, -0.1) is 0 Å². The topological polar surface area (TPSA) is 71.1 Å². The van der Waals surface area contributed by atoms with E-state index < -0.39 is 11.8 Å². The average molecular weight is 389 g/mol. The van der Waals surface area contributed by atoms with Crippen LogP contribution in [0.3, 0.4) is 0 Å². The Kier molecular flexibility index (Phi) is 6.57. The smallest absolute Gasteiger partial charge is 0.257 e. The zero-order valence-electron chi connectivity index (χ0n) is 17.1. The van der Waals surface area contributed by atoms with E-state index in [2.05, 4.69) is 5.32 Å². The highest BCUT2D eigenvalue weighted by atomic mass is 16.5. The molecule has 1 N–H and O–H groups in total. The number of hydrogen-bond donors (Lipinski definition) is 1. The fraction of sp³-hybridized carbons (Fsp3) is 0.619. The second kappa shape index (κ2) is 8.92. The molecule has 1 saturated heterocycles. The molecule has 0 bridgehead atoms. The van der Waals surface area contributed by atoms with Gasteiger partial charge in [-0.05, 0) is 58.0 Å². The number of likely N-dealkylation sites (N-methyl/N-ethyl adjacent to an activating group) is 1. The zero-order valence-corrected chi connectivity index (χ0v) is 17.1. The van der Waals surface area contributed by atoms with E-state index in [4.69, 9.17) is 9.47 Å². The number of nitrogens with zero attached hydrogens (tertiary/aromatic N) is 2. The lowest BCUT2D eigenvalue weighted by Crippen LogP contribution is -2.56. The van der Waals surface area contributed by atoms with Gasteiger partial charge in [0, 0.05) is 18.7 Å². The van der Waals surface area contributed by atoms with E-state index >= 15 is 0 Å². The Morgan fingerprint density at radius 1 is 1.29 bits per heavy atom. The van der Waals surface area contributed by atoms with Crippen LogP contribution < -0.4 is 10.1 Å². The number of benzene rings is 1. The molecule has 0 radical (unpaired) electrons. The van der Waals surface area contributed by atoms with Crippen LogP contribution in [-0.4, -0.2) is 74.3 Å². The van der Waals surface area contributed by atoms with Crippen molar-refractivity contribution in [3.8, 4) is 5.75 Å². The van der Waals surface area contributed by atoms with Gasteiger partial charge in [0.15, 0.2) is 0 Å². The third-order valence-electron chi connectivity index (χ3n) is 5.59. The van der Waals surface area contributed by atoms with Crippen LogP contribution in [0.5, 0.6) is 5.75 Å². The average Bonchev–Trinajstić information content (AvgIpc) is 3.06. The minimum atomic E-state index is -0.679. The van der Waals surface area contributed by atoms with Crippen molar-refractivity contribution in [3.05, 3.63) is 29.8 Å². The van der Waals surface area contributed by atoms with Gasteiger partial charge in [0.2, 0.25) is 5.91 Å². The first-order valence-electron chi connectivity index (χ1n) is 10.0. The van der Waals surface area contributed by atoms with Crippen molar-refractivity contribution in [2.75, 3.05) is 40.9 Å². The van der Waals surface area contributed by atoms with Gasteiger partial charge in [-0.3, -0.25) is 14.5 Å². The first-order valence-corrected chi connectivity index (χ1v) is 10.0. The van der Waals surface area contributed by atoms with Gasteiger partial charge in [-0.1, -0.05) is 12.5 Å². The van der Waals surface area contributed by atoms with E-state index in [0.29, 0.717) is 17.9 Å². The molecule has 1 aromatic rings. The summed E-state index contributed by atoms with van der Waals surface area (Å²) in [6.45, 7) is 1.52.